The summed E-state index contributed by atoms with van der Waals surface area (Å²) in [7, 11) is -2.96. The first-order valence-electron chi connectivity index (χ1n) is 8.85. The molecule has 0 atom stereocenters. The smallest absolute Gasteiger partial charge is 0.234 e. The normalized spacial score (nSPS) is 15.6. The summed E-state index contributed by atoms with van der Waals surface area (Å²) in [6, 6.07) is 7.59. The molecule has 2 amide bonds. The quantitative estimate of drug-likeness (QED) is 0.680. The van der Waals surface area contributed by atoms with E-state index in [0.717, 1.165) is 11.3 Å². The molecule has 7 nitrogen and oxygen atoms in total. The molecule has 0 spiro atoms. The Morgan fingerprint density at radius 3 is 2.48 bits per heavy atom. The van der Waals surface area contributed by atoms with E-state index in [1.807, 2.05) is 31.2 Å². The number of sulfone groups is 1. The fourth-order valence-corrected chi connectivity index (χ4v) is 4.06. The molecule has 0 aliphatic carbocycles. The third-order valence-electron chi connectivity index (χ3n) is 4.26. The average Bonchev–Trinajstić information content (AvgIpc) is 2.59. The number of hydrogen-bond donors (Lipinski definition) is 1. The summed E-state index contributed by atoms with van der Waals surface area (Å²) in [5.41, 5.74) is 1.84. The molecule has 0 aromatic heterocycles. The van der Waals surface area contributed by atoms with Gasteiger partial charge in [-0.05, 0) is 24.6 Å². The molecule has 1 saturated heterocycles. The second-order valence-electron chi connectivity index (χ2n) is 6.76. The van der Waals surface area contributed by atoms with Crippen molar-refractivity contribution in [1.29, 1.82) is 0 Å². The second kappa shape index (κ2) is 10.1. The van der Waals surface area contributed by atoms with Crippen LogP contribution in [-0.2, 0) is 19.4 Å². The molecular formula is C18H27N3O4S2. The number of rotatable bonds is 8. The van der Waals surface area contributed by atoms with E-state index in [4.69, 9.17) is 0 Å². The fraction of sp³-hybridized carbons (Fsp3) is 0.556. The third-order valence-corrected chi connectivity index (χ3v) is 6.11. The van der Waals surface area contributed by atoms with Crippen LogP contribution in [0.1, 0.15) is 5.56 Å². The highest BCUT2D eigenvalue weighted by molar-refractivity contribution is 8.00. The van der Waals surface area contributed by atoms with Gasteiger partial charge < -0.3 is 10.2 Å². The van der Waals surface area contributed by atoms with E-state index in [9.17, 15) is 18.0 Å². The summed E-state index contributed by atoms with van der Waals surface area (Å²) in [5.74, 6) is 0.543. The molecular weight excluding hydrogens is 386 g/mol. The molecule has 9 heteroatoms. The summed E-state index contributed by atoms with van der Waals surface area (Å²) in [6.07, 6.45) is 1.24. The van der Waals surface area contributed by atoms with Crippen molar-refractivity contribution in [3.8, 4) is 0 Å². The van der Waals surface area contributed by atoms with Crippen LogP contribution in [0, 0.1) is 6.92 Å². The van der Waals surface area contributed by atoms with E-state index in [0.29, 0.717) is 32.7 Å². The van der Waals surface area contributed by atoms with Gasteiger partial charge in [-0.25, -0.2) is 8.42 Å². The maximum atomic E-state index is 12.3. The van der Waals surface area contributed by atoms with Gasteiger partial charge in [0.1, 0.15) is 9.84 Å². The minimum Gasteiger partial charge on any atom is -0.339 e. The molecule has 0 saturated carbocycles. The number of nitrogens with one attached hydrogen (secondary N) is 1. The van der Waals surface area contributed by atoms with E-state index in [-0.39, 0.29) is 29.1 Å². The average molecular weight is 414 g/mol. The van der Waals surface area contributed by atoms with Gasteiger partial charge in [-0.2, -0.15) is 0 Å². The van der Waals surface area contributed by atoms with Crippen LogP contribution >= 0.6 is 11.8 Å². The van der Waals surface area contributed by atoms with Gasteiger partial charge in [0.05, 0.1) is 17.3 Å². The number of anilines is 1. The van der Waals surface area contributed by atoms with Crippen LogP contribution in [0.3, 0.4) is 0 Å². The minimum atomic E-state index is -2.96. The van der Waals surface area contributed by atoms with Gasteiger partial charge in [-0.3, -0.25) is 14.5 Å². The number of benzene rings is 1. The first kappa shape index (κ1) is 21.7. The van der Waals surface area contributed by atoms with E-state index in [2.05, 4.69) is 10.2 Å². The molecule has 1 aliphatic heterocycles. The summed E-state index contributed by atoms with van der Waals surface area (Å²) in [4.78, 5) is 28.1. The lowest BCUT2D eigenvalue weighted by Crippen LogP contribution is -2.50. The zero-order valence-corrected chi connectivity index (χ0v) is 17.4. The molecule has 1 aliphatic rings. The van der Waals surface area contributed by atoms with Crippen molar-refractivity contribution in [2.45, 2.75) is 6.92 Å². The molecule has 0 radical (unpaired) electrons. The van der Waals surface area contributed by atoms with Crippen molar-refractivity contribution in [1.82, 2.24) is 9.80 Å². The number of thioether (sulfide) groups is 1. The van der Waals surface area contributed by atoms with Crippen molar-refractivity contribution in [3.63, 3.8) is 0 Å². The molecule has 1 heterocycles. The Hall–Kier alpha value is -1.58. The lowest BCUT2D eigenvalue weighted by Gasteiger charge is -2.34. The van der Waals surface area contributed by atoms with Crippen LogP contribution in [0.4, 0.5) is 5.69 Å². The molecule has 1 fully saturated rings. The summed E-state index contributed by atoms with van der Waals surface area (Å²) in [5, 5.41) is 2.83. The summed E-state index contributed by atoms with van der Waals surface area (Å²) < 4.78 is 22.5. The number of nitrogens with zero attached hydrogens (tertiary/aromatic N) is 2. The zero-order chi connectivity index (χ0) is 19.9. The first-order valence-corrected chi connectivity index (χ1v) is 12.1. The Balaban J connectivity index is 1.64. The van der Waals surface area contributed by atoms with Crippen molar-refractivity contribution >= 4 is 39.1 Å². The third kappa shape index (κ3) is 8.32. The van der Waals surface area contributed by atoms with Crippen LogP contribution < -0.4 is 5.32 Å². The van der Waals surface area contributed by atoms with Gasteiger partial charge in [0.2, 0.25) is 11.8 Å². The number of carbonyl (C=O) groups is 2. The molecule has 1 aromatic carbocycles. The van der Waals surface area contributed by atoms with E-state index < -0.39 is 9.84 Å². The maximum Gasteiger partial charge on any atom is 0.234 e. The highest BCUT2D eigenvalue weighted by atomic mass is 32.2. The van der Waals surface area contributed by atoms with Crippen molar-refractivity contribution < 1.29 is 18.0 Å². The monoisotopic (exact) mass is 413 g/mol. The Labute approximate surface area is 165 Å². The van der Waals surface area contributed by atoms with Crippen LogP contribution in [0.2, 0.25) is 0 Å². The zero-order valence-electron chi connectivity index (χ0n) is 15.8. The summed E-state index contributed by atoms with van der Waals surface area (Å²) >= 11 is 1.30. The molecule has 150 valence electrons. The number of amides is 2. The number of piperazine rings is 1. The van der Waals surface area contributed by atoms with E-state index in [1.54, 1.807) is 4.90 Å². The number of hydrogen-bond acceptors (Lipinski definition) is 6. The highest BCUT2D eigenvalue weighted by Crippen LogP contribution is 2.11. The van der Waals surface area contributed by atoms with Crippen LogP contribution in [-0.4, -0.2) is 86.3 Å². The van der Waals surface area contributed by atoms with Crippen LogP contribution in [0.15, 0.2) is 24.3 Å². The second-order valence-corrected chi connectivity index (χ2v) is 10.0. The molecule has 0 bridgehead atoms. The SMILES string of the molecule is Cc1cccc(NC(=O)CSCC(=O)N2CCN(CCS(C)(=O)=O)CC2)c1. The Morgan fingerprint density at radius 2 is 1.85 bits per heavy atom. The molecule has 2 rings (SSSR count). The van der Waals surface area contributed by atoms with Gasteiger partial charge in [-0.1, -0.05) is 12.1 Å². The van der Waals surface area contributed by atoms with Gasteiger partial charge in [-0.15, -0.1) is 11.8 Å². The number of carbonyl (C=O) groups excluding carboxylic acids is 2. The van der Waals surface area contributed by atoms with Gasteiger partial charge >= 0.3 is 0 Å². The van der Waals surface area contributed by atoms with Gasteiger partial charge in [0.25, 0.3) is 0 Å². The topological polar surface area (TPSA) is 86.8 Å². The Bertz CT molecular complexity index is 760. The van der Waals surface area contributed by atoms with E-state index in [1.165, 1.54) is 18.0 Å². The lowest BCUT2D eigenvalue weighted by molar-refractivity contribution is -0.130. The minimum absolute atomic E-state index is 0.0196. The lowest BCUT2D eigenvalue weighted by atomic mass is 10.2. The Kier molecular flexibility index (Phi) is 8.12. The largest absolute Gasteiger partial charge is 0.339 e. The van der Waals surface area contributed by atoms with Gasteiger partial charge in [0, 0.05) is 44.7 Å². The van der Waals surface area contributed by atoms with Crippen molar-refractivity contribution in [2.75, 3.05) is 61.6 Å². The van der Waals surface area contributed by atoms with Crippen molar-refractivity contribution in [2.24, 2.45) is 0 Å². The van der Waals surface area contributed by atoms with E-state index >= 15 is 0 Å². The predicted octanol–water partition coefficient (Wildman–Crippen LogP) is 0.856. The molecule has 0 unspecified atom stereocenters. The summed E-state index contributed by atoms with van der Waals surface area (Å²) in [6.45, 7) is 5.02. The predicted molar refractivity (Wildman–Crippen MR) is 110 cm³/mol. The molecule has 1 aromatic rings. The number of aryl methyl sites for hydroxylation is 1. The van der Waals surface area contributed by atoms with Crippen LogP contribution in [0.25, 0.3) is 0 Å². The molecule has 1 N–H and O–H groups in total. The molecule has 27 heavy (non-hydrogen) atoms. The van der Waals surface area contributed by atoms with Crippen LogP contribution in [0.5, 0.6) is 0 Å². The standard InChI is InChI=1S/C18H27N3O4S2/c1-15-4-3-5-16(12-15)19-17(22)13-26-14-18(23)21-8-6-20(7-9-21)10-11-27(2,24)25/h3-5,12H,6-11,13-14H2,1-2H3,(H,19,22). The fourth-order valence-electron chi connectivity index (χ4n) is 2.76. The maximum absolute atomic E-state index is 12.3. The highest BCUT2D eigenvalue weighted by Gasteiger charge is 2.21. The first-order chi connectivity index (χ1) is 12.7. The van der Waals surface area contributed by atoms with Gasteiger partial charge in [0.15, 0.2) is 0 Å². The Morgan fingerprint density at radius 1 is 1.15 bits per heavy atom. The van der Waals surface area contributed by atoms with Crippen molar-refractivity contribution in [3.05, 3.63) is 29.8 Å².